The van der Waals surface area contributed by atoms with Crippen molar-refractivity contribution in [2.24, 2.45) is 5.41 Å². The van der Waals surface area contributed by atoms with Crippen LogP contribution in [0.1, 0.15) is 47.0 Å². The first kappa shape index (κ1) is 17.9. The minimum Gasteiger partial charge on any atom is -0.448 e. The molecule has 22 heavy (non-hydrogen) atoms. The van der Waals surface area contributed by atoms with E-state index < -0.39 is 6.09 Å². The molecule has 6 heteroatoms. The molecule has 0 aliphatic rings. The first-order chi connectivity index (χ1) is 10.3. The van der Waals surface area contributed by atoms with Gasteiger partial charge < -0.3 is 4.74 Å². The number of anilines is 1. The Morgan fingerprint density at radius 3 is 2.45 bits per heavy atom. The molecule has 1 N–H and O–H groups in total. The van der Waals surface area contributed by atoms with Gasteiger partial charge >= 0.3 is 6.09 Å². The second kappa shape index (κ2) is 8.36. The average Bonchev–Trinajstić information content (AvgIpc) is 2.44. The van der Waals surface area contributed by atoms with Gasteiger partial charge in [-0.1, -0.05) is 34.1 Å². The Balaban J connectivity index is 2.79. The number of carbonyl (C=O) groups excluding carboxylic acids is 2. The fraction of sp³-hybridized carbons (Fsp3) is 0.562. The zero-order valence-electron chi connectivity index (χ0n) is 13.8. The summed E-state index contributed by atoms with van der Waals surface area (Å²) in [5.41, 5.74) is 2.88. The predicted molar refractivity (Wildman–Crippen MR) is 85.2 cm³/mol. The molecule has 0 saturated carbocycles. The minimum atomic E-state index is -0.632. The molecule has 6 nitrogen and oxygen atoms in total. The third-order valence-corrected chi connectivity index (χ3v) is 2.79. The molecule has 1 aromatic heterocycles. The number of nitrogens with zero attached hydrogens (tertiary/aromatic N) is 2. The molecule has 0 unspecified atom stereocenters. The van der Waals surface area contributed by atoms with Gasteiger partial charge in [0.05, 0.1) is 12.3 Å². The number of aromatic nitrogens is 1. The molecule has 0 spiro atoms. The lowest BCUT2D eigenvalue weighted by Gasteiger charge is -2.26. The summed E-state index contributed by atoms with van der Waals surface area (Å²) in [5, 5.41) is 1.22. The van der Waals surface area contributed by atoms with Gasteiger partial charge in [-0.2, -0.15) is 0 Å². The molecule has 1 rings (SSSR count). The summed E-state index contributed by atoms with van der Waals surface area (Å²) in [7, 11) is 0. The molecule has 0 fully saturated rings. The average molecular weight is 307 g/mol. The number of pyridine rings is 1. The van der Waals surface area contributed by atoms with E-state index in [0.29, 0.717) is 18.7 Å². The molecule has 122 valence electrons. The van der Waals surface area contributed by atoms with Crippen molar-refractivity contribution in [3.05, 3.63) is 24.5 Å². The van der Waals surface area contributed by atoms with Gasteiger partial charge in [0.15, 0.2) is 0 Å². The number of hydrazine groups is 1. The zero-order chi connectivity index (χ0) is 16.6. The van der Waals surface area contributed by atoms with Crippen LogP contribution in [-0.4, -0.2) is 23.6 Å². The van der Waals surface area contributed by atoms with E-state index in [1.165, 1.54) is 5.01 Å². The van der Waals surface area contributed by atoms with Crippen LogP contribution < -0.4 is 10.4 Å². The van der Waals surface area contributed by atoms with Gasteiger partial charge in [0.2, 0.25) is 5.91 Å². The lowest BCUT2D eigenvalue weighted by Crippen LogP contribution is -2.47. The molecule has 0 aliphatic heterocycles. The number of carbonyl (C=O) groups is 2. The highest BCUT2D eigenvalue weighted by molar-refractivity contribution is 5.95. The van der Waals surface area contributed by atoms with Crippen molar-refractivity contribution in [3.63, 3.8) is 0 Å². The first-order valence-corrected chi connectivity index (χ1v) is 7.50. The molecule has 1 aromatic rings. The van der Waals surface area contributed by atoms with Crippen molar-refractivity contribution >= 4 is 17.7 Å². The fourth-order valence-electron chi connectivity index (χ4n) is 1.73. The van der Waals surface area contributed by atoms with Gasteiger partial charge in [0.1, 0.15) is 0 Å². The minimum absolute atomic E-state index is 0.184. The third-order valence-electron chi connectivity index (χ3n) is 2.79. The quantitative estimate of drug-likeness (QED) is 0.669. The van der Waals surface area contributed by atoms with E-state index in [1.807, 2.05) is 27.7 Å². The first-order valence-electron chi connectivity index (χ1n) is 7.50. The maximum atomic E-state index is 12.5. The summed E-state index contributed by atoms with van der Waals surface area (Å²) in [4.78, 5) is 28.2. The highest BCUT2D eigenvalue weighted by Gasteiger charge is 2.24. The van der Waals surface area contributed by atoms with Gasteiger partial charge in [-0.3, -0.25) is 9.78 Å². The number of nitrogens with one attached hydrogen (secondary N) is 1. The smallest absolute Gasteiger partial charge is 0.426 e. The molecule has 0 aromatic carbocycles. The van der Waals surface area contributed by atoms with Crippen molar-refractivity contribution in [1.82, 2.24) is 10.4 Å². The van der Waals surface area contributed by atoms with Crippen LogP contribution in [-0.2, 0) is 9.53 Å². The number of unbranched alkanes of at least 4 members (excludes halogenated alkanes) is 1. The Kier molecular flexibility index (Phi) is 6.82. The van der Waals surface area contributed by atoms with Crippen molar-refractivity contribution < 1.29 is 14.3 Å². The Morgan fingerprint density at radius 2 is 1.91 bits per heavy atom. The zero-order valence-corrected chi connectivity index (χ0v) is 13.8. The Labute approximate surface area is 131 Å². The SMILES string of the molecule is CCCCOC(=O)NN(C(=O)CC(C)(C)C)c1ccncc1. The molecular formula is C16H25N3O3. The van der Waals surface area contributed by atoms with Crippen LogP contribution in [0.15, 0.2) is 24.5 Å². The number of hydrogen-bond donors (Lipinski definition) is 1. The van der Waals surface area contributed by atoms with Crippen LogP contribution in [0.25, 0.3) is 0 Å². The molecule has 1 heterocycles. The lowest BCUT2D eigenvalue weighted by molar-refractivity contribution is -0.120. The number of rotatable bonds is 5. The summed E-state index contributed by atoms with van der Waals surface area (Å²) in [6, 6.07) is 3.32. The third kappa shape index (κ3) is 6.56. The van der Waals surface area contributed by atoms with E-state index in [-0.39, 0.29) is 11.3 Å². The van der Waals surface area contributed by atoms with Gasteiger partial charge in [0.25, 0.3) is 0 Å². The molecule has 0 aliphatic carbocycles. The van der Waals surface area contributed by atoms with Crippen LogP contribution in [0.5, 0.6) is 0 Å². The second-order valence-corrected chi connectivity index (χ2v) is 6.27. The van der Waals surface area contributed by atoms with E-state index in [2.05, 4.69) is 10.4 Å². The Hall–Kier alpha value is -2.11. The van der Waals surface area contributed by atoms with Crippen molar-refractivity contribution in [2.45, 2.75) is 47.0 Å². The Bertz CT molecular complexity index is 483. The number of hydrogen-bond acceptors (Lipinski definition) is 4. The molecular weight excluding hydrogens is 282 g/mol. The maximum Gasteiger partial charge on any atom is 0.426 e. The van der Waals surface area contributed by atoms with Crippen LogP contribution in [0.3, 0.4) is 0 Å². The summed E-state index contributed by atoms with van der Waals surface area (Å²) in [5.74, 6) is -0.203. The summed E-state index contributed by atoms with van der Waals surface area (Å²) in [6.07, 6.45) is 4.52. The van der Waals surface area contributed by atoms with Crippen LogP contribution in [0.2, 0.25) is 0 Å². The molecule has 2 amide bonds. The molecule has 0 bridgehead atoms. The number of ether oxygens (including phenoxy) is 1. The summed E-state index contributed by atoms with van der Waals surface area (Å²) < 4.78 is 5.06. The standard InChI is InChI=1S/C16H25N3O3/c1-5-6-11-22-15(21)18-19(13-7-9-17-10-8-13)14(20)12-16(2,3)4/h7-10H,5-6,11-12H2,1-4H3,(H,18,21). The largest absolute Gasteiger partial charge is 0.448 e. The number of amides is 2. The van der Waals surface area contributed by atoms with Crippen molar-refractivity contribution in [1.29, 1.82) is 0 Å². The Morgan fingerprint density at radius 1 is 1.27 bits per heavy atom. The predicted octanol–water partition coefficient (Wildman–Crippen LogP) is 3.29. The van der Waals surface area contributed by atoms with Crippen molar-refractivity contribution in [2.75, 3.05) is 11.6 Å². The van der Waals surface area contributed by atoms with E-state index in [9.17, 15) is 9.59 Å². The normalized spacial score (nSPS) is 10.9. The van der Waals surface area contributed by atoms with E-state index in [1.54, 1.807) is 24.5 Å². The van der Waals surface area contributed by atoms with Gasteiger partial charge in [-0.05, 0) is 24.0 Å². The topological polar surface area (TPSA) is 71.5 Å². The summed E-state index contributed by atoms with van der Waals surface area (Å²) >= 11 is 0. The van der Waals surface area contributed by atoms with Gasteiger partial charge in [0, 0.05) is 18.8 Å². The molecule has 0 saturated heterocycles. The summed E-state index contributed by atoms with van der Waals surface area (Å²) in [6.45, 7) is 8.25. The van der Waals surface area contributed by atoms with E-state index in [0.717, 1.165) is 12.8 Å². The van der Waals surface area contributed by atoms with Crippen LogP contribution >= 0.6 is 0 Å². The van der Waals surface area contributed by atoms with Crippen LogP contribution in [0, 0.1) is 5.41 Å². The highest BCUT2D eigenvalue weighted by Crippen LogP contribution is 2.21. The monoisotopic (exact) mass is 307 g/mol. The van der Waals surface area contributed by atoms with Gasteiger partial charge in [-0.25, -0.2) is 15.2 Å². The van der Waals surface area contributed by atoms with E-state index in [4.69, 9.17) is 4.74 Å². The molecule has 0 atom stereocenters. The van der Waals surface area contributed by atoms with Crippen LogP contribution in [0.4, 0.5) is 10.5 Å². The fourth-order valence-corrected chi connectivity index (χ4v) is 1.73. The highest BCUT2D eigenvalue weighted by atomic mass is 16.6. The maximum absolute atomic E-state index is 12.5. The lowest BCUT2D eigenvalue weighted by atomic mass is 9.92. The van der Waals surface area contributed by atoms with Crippen molar-refractivity contribution in [3.8, 4) is 0 Å². The second-order valence-electron chi connectivity index (χ2n) is 6.27. The van der Waals surface area contributed by atoms with Gasteiger partial charge in [-0.15, -0.1) is 0 Å². The van der Waals surface area contributed by atoms with E-state index >= 15 is 0 Å². The molecule has 0 radical (unpaired) electrons.